The molecular formula is C15H14ClN3O2. The first kappa shape index (κ1) is 13.7. The average Bonchev–Trinajstić information content (AvgIpc) is 2.49. The van der Waals surface area contributed by atoms with Gasteiger partial charge in [-0.05, 0) is 31.2 Å². The number of para-hydroxylation sites is 2. The number of hydrogen-bond donors (Lipinski definition) is 2. The van der Waals surface area contributed by atoms with Gasteiger partial charge in [0.25, 0.3) is 5.91 Å². The Morgan fingerprint density at radius 2 is 2.19 bits per heavy atom. The van der Waals surface area contributed by atoms with E-state index in [0.717, 1.165) is 5.69 Å². The van der Waals surface area contributed by atoms with Gasteiger partial charge in [-0.2, -0.15) is 0 Å². The highest BCUT2D eigenvalue weighted by Crippen LogP contribution is 2.28. The van der Waals surface area contributed by atoms with Crippen LogP contribution in [0, 0.1) is 6.92 Å². The predicted molar refractivity (Wildman–Crippen MR) is 82.0 cm³/mol. The van der Waals surface area contributed by atoms with Crippen molar-refractivity contribution in [3.63, 3.8) is 0 Å². The molecule has 3 rings (SSSR count). The van der Waals surface area contributed by atoms with Crippen LogP contribution in [0.25, 0.3) is 0 Å². The molecule has 1 aromatic carbocycles. The molecule has 21 heavy (non-hydrogen) atoms. The number of hydrogen-bond acceptors (Lipinski definition) is 4. The van der Waals surface area contributed by atoms with Crippen molar-refractivity contribution in [1.29, 1.82) is 0 Å². The van der Waals surface area contributed by atoms with Crippen LogP contribution in [0.4, 0.5) is 11.4 Å². The van der Waals surface area contributed by atoms with Crippen LogP contribution in [0.1, 0.15) is 5.69 Å². The minimum atomic E-state index is -0.588. The molecule has 1 aliphatic rings. The van der Waals surface area contributed by atoms with Crippen LogP contribution < -0.4 is 15.4 Å². The van der Waals surface area contributed by atoms with Gasteiger partial charge < -0.3 is 15.4 Å². The van der Waals surface area contributed by atoms with E-state index in [0.29, 0.717) is 28.8 Å². The second-order valence-corrected chi connectivity index (χ2v) is 5.13. The molecule has 1 aliphatic heterocycles. The maximum absolute atomic E-state index is 12.3. The summed E-state index contributed by atoms with van der Waals surface area (Å²) in [5, 5.41) is 6.39. The van der Waals surface area contributed by atoms with Crippen LogP contribution >= 0.6 is 11.6 Å². The van der Waals surface area contributed by atoms with E-state index in [-0.39, 0.29) is 5.91 Å². The molecule has 2 N–H and O–H groups in total. The molecule has 108 valence electrons. The van der Waals surface area contributed by atoms with Crippen LogP contribution in [0.5, 0.6) is 5.75 Å². The summed E-state index contributed by atoms with van der Waals surface area (Å²) < 4.78 is 5.71. The average molecular weight is 304 g/mol. The fraction of sp³-hybridized carbons (Fsp3) is 0.200. The largest absolute Gasteiger partial charge is 0.477 e. The predicted octanol–water partition coefficient (Wildman–Crippen LogP) is 2.86. The first-order chi connectivity index (χ1) is 10.1. The number of ether oxygens (including phenoxy) is 1. The monoisotopic (exact) mass is 303 g/mol. The lowest BCUT2D eigenvalue weighted by Crippen LogP contribution is -2.41. The summed E-state index contributed by atoms with van der Waals surface area (Å²) in [6, 6.07) is 10.9. The molecule has 6 heteroatoms. The zero-order valence-electron chi connectivity index (χ0n) is 11.4. The zero-order valence-corrected chi connectivity index (χ0v) is 12.1. The summed E-state index contributed by atoms with van der Waals surface area (Å²) in [6.07, 6.45) is -0.588. The number of benzene rings is 1. The van der Waals surface area contributed by atoms with E-state index >= 15 is 0 Å². The molecular weight excluding hydrogens is 290 g/mol. The van der Waals surface area contributed by atoms with E-state index < -0.39 is 6.10 Å². The minimum Gasteiger partial charge on any atom is -0.477 e. The number of carbonyl (C=O) groups excluding carboxylic acids is 1. The molecule has 0 fully saturated rings. The summed E-state index contributed by atoms with van der Waals surface area (Å²) >= 11 is 5.80. The van der Waals surface area contributed by atoms with Crippen molar-refractivity contribution < 1.29 is 9.53 Å². The van der Waals surface area contributed by atoms with Crippen molar-refractivity contribution in [3.8, 4) is 5.75 Å². The van der Waals surface area contributed by atoms with E-state index in [1.54, 1.807) is 19.1 Å². The van der Waals surface area contributed by atoms with Gasteiger partial charge in [-0.3, -0.25) is 4.79 Å². The Labute approximate surface area is 127 Å². The number of amides is 1. The molecule has 0 radical (unpaired) electrons. The van der Waals surface area contributed by atoms with Gasteiger partial charge in [-0.15, -0.1) is 0 Å². The van der Waals surface area contributed by atoms with E-state index in [4.69, 9.17) is 16.3 Å². The molecule has 1 atom stereocenters. The highest BCUT2D eigenvalue weighted by molar-refractivity contribution is 6.29. The number of aryl methyl sites for hydroxylation is 1. The maximum Gasteiger partial charge on any atom is 0.267 e. The third-order valence-corrected chi connectivity index (χ3v) is 3.45. The summed E-state index contributed by atoms with van der Waals surface area (Å²) in [5.41, 5.74) is 2.19. The number of anilines is 2. The van der Waals surface area contributed by atoms with Gasteiger partial charge in [0.2, 0.25) is 0 Å². The van der Waals surface area contributed by atoms with Gasteiger partial charge in [0, 0.05) is 0 Å². The Balaban J connectivity index is 1.72. The molecule has 0 saturated heterocycles. The van der Waals surface area contributed by atoms with E-state index in [9.17, 15) is 4.79 Å². The second kappa shape index (κ2) is 5.61. The first-order valence-corrected chi connectivity index (χ1v) is 6.95. The summed E-state index contributed by atoms with van der Waals surface area (Å²) in [5.74, 6) is 0.457. The molecule has 1 amide bonds. The molecule has 2 heterocycles. The number of pyridine rings is 1. The van der Waals surface area contributed by atoms with E-state index in [1.807, 2.05) is 24.3 Å². The van der Waals surface area contributed by atoms with Crippen LogP contribution in [-0.4, -0.2) is 23.5 Å². The molecule has 0 saturated carbocycles. The number of fused-ring (bicyclic) bond motifs is 1. The highest BCUT2D eigenvalue weighted by atomic mass is 35.5. The molecule has 1 aromatic heterocycles. The number of nitrogens with zero attached hydrogens (tertiary/aromatic N) is 1. The van der Waals surface area contributed by atoms with E-state index in [2.05, 4.69) is 15.6 Å². The van der Waals surface area contributed by atoms with Crippen molar-refractivity contribution in [3.05, 3.63) is 47.2 Å². The van der Waals surface area contributed by atoms with Crippen LogP contribution in [0.3, 0.4) is 0 Å². The Bertz CT molecular complexity index is 690. The standard InChI is InChI=1S/C15H14ClN3O2/c1-9-10(6-7-14(16)18-9)19-15(20)13-8-17-11-4-2-3-5-12(11)21-13/h2-7,13,17H,8H2,1H3,(H,19,20). The van der Waals surface area contributed by atoms with Gasteiger partial charge in [0.15, 0.2) is 6.10 Å². The SMILES string of the molecule is Cc1nc(Cl)ccc1NC(=O)C1CNc2ccccc2O1. The summed E-state index contributed by atoms with van der Waals surface area (Å²) in [4.78, 5) is 16.4. The van der Waals surface area contributed by atoms with Crippen molar-refractivity contribution in [2.75, 3.05) is 17.2 Å². The number of aromatic nitrogens is 1. The molecule has 0 aliphatic carbocycles. The van der Waals surface area contributed by atoms with Crippen molar-refractivity contribution in [1.82, 2.24) is 4.98 Å². The van der Waals surface area contributed by atoms with Gasteiger partial charge in [0.1, 0.15) is 10.9 Å². The van der Waals surface area contributed by atoms with Crippen LogP contribution in [-0.2, 0) is 4.79 Å². The lowest BCUT2D eigenvalue weighted by atomic mass is 10.2. The molecule has 5 nitrogen and oxygen atoms in total. The van der Waals surface area contributed by atoms with Gasteiger partial charge in [-0.25, -0.2) is 4.98 Å². The van der Waals surface area contributed by atoms with E-state index in [1.165, 1.54) is 0 Å². The fourth-order valence-corrected chi connectivity index (χ4v) is 2.32. The third-order valence-electron chi connectivity index (χ3n) is 3.24. The Morgan fingerprint density at radius 3 is 3.00 bits per heavy atom. The molecule has 0 spiro atoms. The Hall–Kier alpha value is -2.27. The smallest absolute Gasteiger partial charge is 0.267 e. The fourth-order valence-electron chi connectivity index (χ4n) is 2.13. The van der Waals surface area contributed by atoms with Crippen LogP contribution in [0.15, 0.2) is 36.4 Å². The Morgan fingerprint density at radius 1 is 1.38 bits per heavy atom. The highest BCUT2D eigenvalue weighted by Gasteiger charge is 2.26. The lowest BCUT2D eigenvalue weighted by molar-refractivity contribution is -0.122. The van der Waals surface area contributed by atoms with Gasteiger partial charge >= 0.3 is 0 Å². The quantitative estimate of drug-likeness (QED) is 0.837. The lowest BCUT2D eigenvalue weighted by Gasteiger charge is -2.26. The minimum absolute atomic E-state index is 0.218. The zero-order chi connectivity index (χ0) is 14.8. The number of rotatable bonds is 2. The normalized spacial score (nSPS) is 16.4. The topological polar surface area (TPSA) is 63.2 Å². The molecule has 2 aromatic rings. The third kappa shape index (κ3) is 2.92. The van der Waals surface area contributed by atoms with Gasteiger partial charge in [0.05, 0.1) is 23.6 Å². The van der Waals surface area contributed by atoms with Crippen molar-refractivity contribution in [2.45, 2.75) is 13.0 Å². The van der Waals surface area contributed by atoms with Gasteiger partial charge in [-0.1, -0.05) is 23.7 Å². The maximum atomic E-state index is 12.3. The number of carbonyl (C=O) groups is 1. The molecule has 1 unspecified atom stereocenters. The van der Waals surface area contributed by atoms with Crippen molar-refractivity contribution >= 4 is 28.9 Å². The summed E-state index contributed by atoms with van der Waals surface area (Å²) in [7, 11) is 0. The van der Waals surface area contributed by atoms with Crippen LogP contribution in [0.2, 0.25) is 5.15 Å². The molecule has 0 bridgehead atoms. The Kier molecular flexibility index (Phi) is 3.66. The van der Waals surface area contributed by atoms with Crippen molar-refractivity contribution in [2.24, 2.45) is 0 Å². The first-order valence-electron chi connectivity index (χ1n) is 6.57. The summed E-state index contributed by atoms with van der Waals surface area (Å²) in [6.45, 7) is 2.21. The number of nitrogens with one attached hydrogen (secondary N) is 2. The number of halogens is 1. The second-order valence-electron chi connectivity index (χ2n) is 4.74.